The summed E-state index contributed by atoms with van der Waals surface area (Å²) in [4.78, 5) is 16.7. The highest BCUT2D eigenvalue weighted by atomic mass is 16.2. The van der Waals surface area contributed by atoms with Crippen molar-refractivity contribution in [1.82, 2.24) is 9.80 Å². The van der Waals surface area contributed by atoms with Crippen LogP contribution in [0.4, 0.5) is 0 Å². The fourth-order valence-electron chi connectivity index (χ4n) is 2.95. The van der Waals surface area contributed by atoms with Crippen LogP contribution in [0.25, 0.3) is 0 Å². The van der Waals surface area contributed by atoms with E-state index in [0.717, 1.165) is 19.5 Å². The summed E-state index contributed by atoms with van der Waals surface area (Å²) >= 11 is 0. The monoisotopic (exact) mass is 239 g/mol. The maximum absolute atomic E-state index is 12.2. The van der Waals surface area contributed by atoms with E-state index in [9.17, 15) is 4.79 Å². The standard InChI is InChI=1S/C13H25N3O/c1-13(2,14)12(17)16-9-5-6-11(10-16)15-7-3-4-8-15/h11H,3-10,14H2,1-2H3. The van der Waals surface area contributed by atoms with Crippen LogP contribution in [-0.2, 0) is 4.79 Å². The summed E-state index contributed by atoms with van der Waals surface area (Å²) in [6.45, 7) is 7.77. The topological polar surface area (TPSA) is 49.6 Å². The quantitative estimate of drug-likeness (QED) is 0.776. The number of amides is 1. The van der Waals surface area contributed by atoms with Gasteiger partial charge in [-0.1, -0.05) is 0 Å². The van der Waals surface area contributed by atoms with Gasteiger partial charge in [-0.2, -0.15) is 0 Å². The largest absolute Gasteiger partial charge is 0.340 e. The lowest BCUT2D eigenvalue weighted by atomic mass is 9.99. The molecule has 1 unspecified atom stereocenters. The lowest BCUT2D eigenvalue weighted by Crippen LogP contribution is -2.56. The molecule has 2 saturated heterocycles. The minimum Gasteiger partial charge on any atom is -0.340 e. The Balaban J connectivity index is 1.94. The molecule has 17 heavy (non-hydrogen) atoms. The normalized spacial score (nSPS) is 27.5. The van der Waals surface area contributed by atoms with Gasteiger partial charge in [0.15, 0.2) is 0 Å². The zero-order chi connectivity index (χ0) is 12.5. The van der Waals surface area contributed by atoms with Gasteiger partial charge >= 0.3 is 0 Å². The Bertz CT molecular complexity index is 279. The molecule has 4 nitrogen and oxygen atoms in total. The van der Waals surface area contributed by atoms with E-state index in [2.05, 4.69) is 4.90 Å². The Kier molecular flexibility index (Phi) is 3.73. The molecule has 0 bridgehead atoms. The van der Waals surface area contributed by atoms with Gasteiger partial charge in [0.2, 0.25) is 5.91 Å². The van der Waals surface area contributed by atoms with Gasteiger partial charge in [-0.05, 0) is 52.6 Å². The fourth-order valence-corrected chi connectivity index (χ4v) is 2.95. The van der Waals surface area contributed by atoms with Crippen molar-refractivity contribution in [3.63, 3.8) is 0 Å². The number of carbonyl (C=O) groups excluding carboxylic acids is 1. The first-order chi connectivity index (χ1) is 7.98. The second-order valence-electron chi connectivity index (χ2n) is 6.01. The second-order valence-corrected chi connectivity index (χ2v) is 6.01. The Hall–Kier alpha value is -0.610. The van der Waals surface area contributed by atoms with Crippen molar-refractivity contribution >= 4 is 5.91 Å². The molecule has 0 saturated carbocycles. The molecule has 2 heterocycles. The van der Waals surface area contributed by atoms with Crippen molar-refractivity contribution in [2.24, 2.45) is 5.73 Å². The summed E-state index contributed by atoms with van der Waals surface area (Å²) in [5.74, 6) is 0.0985. The van der Waals surface area contributed by atoms with Crippen LogP contribution >= 0.6 is 0 Å². The fraction of sp³-hybridized carbons (Fsp3) is 0.923. The summed E-state index contributed by atoms with van der Waals surface area (Å²) in [6.07, 6.45) is 4.97. The number of piperidine rings is 1. The van der Waals surface area contributed by atoms with Crippen LogP contribution in [0.3, 0.4) is 0 Å². The molecule has 0 aromatic carbocycles. The average molecular weight is 239 g/mol. The van der Waals surface area contributed by atoms with E-state index >= 15 is 0 Å². The molecule has 0 spiro atoms. The van der Waals surface area contributed by atoms with Gasteiger partial charge in [-0.25, -0.2) is 0 Å². The Morgan fingerprint density at radius 3 is 2.41 bits per heavy atom. The number of hydrogen-bond acceptors (Lipinski definition) is 3. The highest BCUT2D eigenvalue weighted by Crippen LogP contribution is 2.21. The maximum Gasteiger partial charge on any atom is 0.242 e. The molecular formula is C13H25N3O. The molecule has 1 atom stereocenters. The number of nitrogens with zero attached hydrogens (tertiary/aromatic N) is 2. The van der Waals surface area contributed by atoms with Crippen molar-refractivity contribution in [2.75, 3.05) is 26.2 Å². The van der Waals surface area contributed by atoms with Gasteiger partial charge in [-0.15, -0.1) is 0 Å². The van der Waals surface area contributed by atoms with Crippen molar-refractivity contribution in [2.45, 2.75) is 51.1 Å². The van der Waals surface area contributed by atoms with Crippen molar-refractivity contribution < 1.29 is 4.79 Å². The van der Waals surface area contributed by atoms with Gasteiger partial charge in [0.05, 0.1) is 5.54 Å². The number of carbonyl (C=O) groups is 1. The summed E-state index contributed by atoms with van der Waals surface area (Å²) in [5, 5.41) is 0. The smallest absolute Gasteiger partial charge is 0.242 e. The minimum atomic E-state index is -0.729. The van der Waals surface area contributed by atoms with Crippen molar-refractivity contribution in [3.8, 4) is 0 Å². The molecule has 0 aliphatic carbocycles. The first-order valence-electron chi connectivity index (χ1n) is 6.81. The molecule has 2 N–H and O–H groups in total. The van der Waals surface area contributed by atoms with E-state index in [4.69, 9.17) is 5.73 Å². The molecule has 0 radical (unpaired) electrons. The first kappa shape index (κ1) is 12.8. The number of hydrogen-bond donors (Lipinski definition) is 1. The Morgan fingerprint density at radius 2 is 1.82 bits per heavy atom. The molecule has 2 aliphatic rings. The van der Waals surface area contributed by atoms with Gasteiger partial charge in [0.1, 0.15) is 0 Å². The molecule has 4 heteroatoms. The third-order valence-electron chi connectivity index (χ3n) is 3.89. The van der Waals surface area contributed by atoms with Crippen LogP contribution < -0.4 is 5.73 Å². The van der Waals surface area contributed by atoms with E-state index < -0.39 is 5.54 Å². The summed E-state index contributed by atoms with van der Waals surface area (Å²) < 4.78 is 0. The predicted molar refractivity (Wildman–Crippen MR) is 68.7 cm³/mol. The van der Waals surface area contributed by atoms with E-state index in [0.29, 0.717) is 6.04 Å². The molecule has 98 valence electrons. The Morgan fingerprint density at radius 1 is 1.18 bits per heavy atom. The van der Waals surface area contributed by atoms with Crippen molar-refractivity contribution in [3.05, 3.63) is 0 Å². The highest BCUT2D eigenvalue weighted by Gasteiger charge is 2.33. The van der Waals surface area contributed by atoms with Crippen molar-refractivity contribution in [1.29, 1.82) is 0 Å². The average Bonchev–Trinajstić information content (AvgIpc) is 2.80. The molecule has 2 rings (SSSR count). The molecule has 1 amide bonds. The van der Waals surface area contributed by atoms with E-state index in [1.807, 2.05) is 4.90 Å². The molecule has 0 aromatic heterocycles. The minimum absolute atomic E-state index is 0.0985. The maximum atomic E-state index is 12.2. The van der Waals surface area contributed by atoms with E-state index in [-0.39, 0.29) is 5.91 Å². The van der Waals surface area contributed by atoms with Gasteiger partial charge in [0, 0.05) is 19.1 Å². The lowest BCUT2D eigenvalue weighted by Gasteiger charge is -2.39. The number of rotatable bonds is 2. The summed E-state index contributed by atoms with van der Waals surface area (Å²) in [6, 6.07) is 0.567. The second kappa shape index (κ2) is 4.94. The zero-order valence-electron chi connectivity index (χ0n) is 11.1. The van der Waals surface area contributed by atoms with Crippen LogP contribution in [0.15, 0.2) is 0 Å². The molecule has 0 aromatic rings. The number of likely N-dealkylation sites (tertiary alicyclic amines) is 2. The van der Waals surface area contributed by atoms with Crippen LogP contribution in [0.2, 0.25) is 0 Å². The van der Waals surface area contributed by atoms with E-state index in [1.54, 1.807) is 13.8 Å². The van der Waals surface area contributed by atoms with Crippen LogP contribution in [0, 0.1) is 0 Å². The van der Waals surface area contributed by atoms with Crippen LogP contribution in [0.5, 0.6) is 0 Å². The van der Waals surface area contributed by atoms with Gasteiger partial charge in [-0.3, -0.25) is 9.69 Å². The third kappa shape index (κ3) is 2.99. The molecule has 2 aliphatic heterocycles. The van der Waals surface area contributed by atoms with E-state index in [1.165, 1.54) is 32.4 Å². The predicted octanol–water partition coefficient (Wildman–Crippen LogP) is 0.811. The van der Waals surface area contributed by atoms with Crippen LogP contribution in [0.1, 0.15) is 39.5 Å². The highest BCUT2D eigenvalue weighted by molar-refractivity contribution is 5.85. The van der Waals surface area contributed by atoms with Gasteiger partial charge in [0.25, 0.3) is 0 Å². The number of nitrogens with two attached hydrogens (primary N) is 1. The van der Waals surface area contributed by atoms with Crippen LogP contribution in [-0.4, -0.2) is 53.5 Å². The summed E-state index contributed by atoms with van der Waals surface area (Å²) in [7, 11) is 0. The third-order valence-corrected chi connectivity index (χ3v) is 3.89. The summed E-state index contributed by atoms with van der Waals surface area (Å²) in [5.41, 5.74) is 5.17. The zero-order valence-corrected chi connectivity index (χ0v) is 11.1. The molecular weight excluding hydrogens is 214 g/mol. The van der Waals surface area contributed by atoms with Gasteiger partial charge < -0.3 is 10.6 Å². The first-order valence-corrected chi connectivity index (χ1v) is 6.81. The Labute approximate surface area is 104 Å². The molecule has 2 fully saturated rings. The SMILES string of the molecule is CC(C)(N)C(=O)N1CCCC(N2CCCC2)C1. The lowest BCUT2D eigenvalue weighted by molar-refractivity contribution is -0.137.